The smallest absolute Gasteiger partial charge is 0.272 e. The van der Waals surface area contributed by atoms with Gasteiger partial charge in [0.25, 0.3) is 12.3 Å². The second kappa shape index (κ2) is 10.5. The number of fused-ring (bicyclic) bond motifs is 1. The Morgan fingerprint density at radius 3 is 2.82 bits per heavy atom. The Morgan fingerprint density at radius 1 is 1.39 bits per heavy atom. The molecule has 1 aromatic carbocycles. The van der Waals surface area contributed by atoms with Gasteiger partial charge in [-0.25, -0.2) is 18.0 Å². The van der Waals surface area contributed by atoms with Crippen molar-refractivity contribution >= 4 is 45.1 Å². The fourth-order valence-electron chi connectivity index (χ4n) is 3.00. The molecule has 2 heterocycles. The van der Waals surface area contributed by atoms with Gasteiger partial charge in [-0.15, -0.1) is 0 Å². The van der Waals surface area contributed by atoms with Crippen molar-refractivity contribution in [2.24, 2.45) is 11.5 Å². The number of nitrogens with zero attached hydrogens (tertiary/aromatic N) is 2. The van der Waals surface area contributed by atoms with E-state index in [-0.39, 0.29) is 23.3 Å². The molecule has 0 saturated carbocycles. The van der Waals surface area contributed by atoms with Crippen molar-refractivity contribution in [3.63, 3.8) is 0 Å². The van der Waals surface area contributed by atoms with E-state index in [1.807, 2.05) is 0 Å². The zero-order chi connectivity index (χ0) is 24.1. The molecule has 0 saturated heterocycles. The Morgan fingerprint density at radius 2 is 2.15 bits per heavy atom. The lowest BCUT2D eigenvalue weighted by Crippen LogP contribution is -2.13. The van der Waals surface area contributed by atoms with Gasteiger partial charge >= 0.3 is 0 Å². The molecule has 3 aromatic rings. The topological polar surface area (TPSA) is 141 Å². The number of anilines is 1. The molecular weight excluding hydrogens is 478 g/mol. The first-order valence-electron chi connectivity index (χ1n) is 9.42. The predicted octanol–water partition coefficient (Wildman–Crippen LogP) is 3.48. The molecule has 0 aliphatic rings. The number of aromatic nitrogens is 3. The van der Waals surface area contributed by atoms with Crippen molar-refractivity contribution < 1.29 is 22.5 Å². The summed E-state index contributed by atoms with van der Waals surface area (Å²) in [5.74, 6) is -0.126. The molecule has 0 fully saturated rings. The van der Waals surface area contributed by atoms with Crippen molar-refractivity contribution in [3.05, 3.63) is 53.0 Å². The van der Waals surface area contributed by atoms with Gasteiger partial charge < -0.3 is 25.9 Å². The average molecular weight is 499 g/mol. The number of H-pyrrole nitrogens is 1. The molecule has 1 atom stereocenters. The SMILES string of the molecule is COc1nc(NS(=O)c2c[nH]c3c(/C(N)=C/C=C\N)c(Cl)ccc23)nc(C)c1OCC(F)F. The van der Waals surface area contributed by atoms with Gasteiger partial charge in [-0.05, 0) is 31.3 Å². The number of nitrogens with two attached hydrogens (primary N) is 2. The lowest BCUT2D eigenvalue weighted by Gasteiger charge is -2.13. The monoisotopic (exact) mass is 498 g/mol. The van der Waals surface area contributed by atoms with Crippen molar-refractivity contribution in [3.8, 4) is 11.6 Å². The van der Waals surface area contributed by atoms with E-state index in [1.165, 1.54) is 20.2 Å². The predicted molar refractivity (Wildman–Crippen MR) is 124 cm³/mol. The third-order valence-corrected chi connectivity index (χ3v) is 5.80. The molecule has 33 heavy (non-hydrogen) atoms. The Kier molecular flexibility index (Phi) is 7.71. The summed E-state index contributed by atoms with van der Waals surface area (Å²) < 4.78 is 50.9. The highest BCUT2D eigenvalue weighted by atomic mass is 35.5. The van der Waals surface area contributed by atoms with Crippen LogP contribution in [0.25, 0.3) is 16.6 Å². The summed E-state index contributed by atoms with van der Waals surface area (Å²) in [5, 5.41) is 1.01. The fraction of sp³-hybridized carbons (Fsp3) is 0.200. The zero-order valence-corrected chi connectivity index (χ0v) is 19.1. The zero-order valence-electron chi connectivity index (χ0n) is 17.6. The number of alkyl halides is 2. The third kappa shape index (κ3) is 5.34. The number of aryl methyl sites for hydroxylation is 1. The Bertz CT molecular complexity index is 1250. The van der Waals surface area contributed by atoms with Gasteiger partial charge in [0.05, 0.1) is 28.2 Å². The molecule has 3 rings (SSSR count). The molecule has 176 valence electrons. The minimum absolute atomic E-state index is 0.0192. The lowest BCUT2D eigenvalue weighted by molar-refractivity contribution is 0.0795. The van der Waals surface area contributed by atoms with Crippen molar-refractivity contribution in [2.75, 3.05) is 18.4 Å². The van der Waals surface area contributed by atoms with Crippen molar-refractivity contribution in [1.29, 1.82) is 0 Å². The molecule has 0 bridgehead atoms. The number of allylic oxidation sites excluding steroid dienone is 2. The van der Waals surface area contributed by atoms with E-state index in [9.17, 15) is 13.0 Å². The van der Waals surface area contributed by atoms with Crippen LogP contribution in [0.5, 0.6) is 11.6 Å². The molecule has 9 nitrogen and oxygen atoms in total. The normalized spacial score (nSPS) is 13.1. The Labute approximate surface area is 195 Å². The first kappa shape index (κ1) is 24.3. The number of hydrogen-bond donors (Lipinski definition) is 4. The highest BCUT2D eigenvalue weighted by Gasteiger charge is 2.20. The molecule has 0 spiro atoms. The molecule has 6 N–H and O–H groups in total. The first-order chi connectivity index (χ1) is 15.8. The fourth-order valence-corrected chi connectivity index (χ4v) is 4.17. The van der Waals surface area contributed by atoms with Gasteiger partial charge in [0.1, 0.15) is 6.61 Å². The van der Waals surface area contributed by atoms with Gasteiger partial charge in [-0.1, -0.05) is 17.7 Å². The molecule has 2 aromatic heterocycles. The molecule has 0 amide bonds. The minimum atomic E-state index is -2.67. The number of ether oxygens (including phenoxy) is 2. The van der Waals surface area contributed by atoms with Crippen LogP contribution in [0.1, 0.15) is 11.3 Å². The van der Waals surface area contributed by atoms with E-state index < -0.39 is 24.0 Å². The van der Waals surface area contributed by atoms with Gasteiger partial charge in [0.15, 0.2) is 11.0 Å². The number of rotatable bonds is 9. The standard InChI is InChI=1S/C20H21ClF2N6O3S/c1-10-18(32-9-15(22)23)19(31-2)28-20(27-10)29-33(30)14-8-26-17-11(14)5-6-12(21)16(17)13(25)4-3-7-24/h3-8,15,26H,9,24-25H2,1-2H3,(H,27,28,29)/b7-3-,13-4-. The largest absolute Gasteiger partial charge is 0.480 e. The van der Waals surface area contributed by atoms with Crippen LogP contribution in [0.3, 0.4) is 0 Å². The van der Waals surface area contributed by atoms with Gasteiger partial charge in [0, 0.05) is 22.8 Å². The summed E-state index contributed by atoms with van der Waals surface area (Å²) in [6.45, 7) is 0.697. The minimum Gasteiger partial charge on any atom is -0.480 e. The van der Waals surface area contributed by atoms with Crippen LogP contribution in [0, 0.1) is 6.92 Å². The summed E-state index contributed by atoms with van der Waals surface area (Å²) in [4.78, 5) is 11.6. The highest BCUT2D eigenvalue weighted by Crippen LogP contribution is 2.33. The number of hydrogen-bond acceptors (Lipinski definition) is 7. The molecule has 13 heteroatoms. The third-order valence-electron chi connectivity index (χ3n) is 4.38. The Balaban J connectivity index is 1.94. The molecular formula is C20H21ClF2N6O3S. The van der Waals surface area contributed by atoms with Crippen LogP contribution in [0.4, 0.5) is 14.7 Å². The van der Waals surface area contributed by atoms with Gasteiger partial charge in [-0.3, -0.25) is 4.72 Å². The van der Waals surface area contributed by atoms with E-state index in [0.29, 0.717) is 32.1 Å². The number of benzene rings is 1. The molecule has 0 radical (unpaired) electrons. The summed E-state index contributed by atoms with van der Waals surface area (Å²) in [6.07, 6.45) is 3.37. The number of nitrogens with one attached hydrogen (secondary N) is 2. The lowest BCUT2D eigenvalue weighted by atomic mass is 10.1. The molecule has 0 aliphatic heterocycles. The summed E-state index contributed by atoms with van der Waals surface area (Å²) in [7, 11) is -0.501. The van der Waals surface area contributed by atoms with Crippen LogP contribution in [0.15, 0.2) is 41.6 Å². The molecule has 1 unspecified atom stereocenters. The van der Waals surface area contributed by atoms with Crippen LogP contribution in [-0.2, 0) is 11.0 Å². The molecule has 0 aliphatic carbocycles. The van der Waals surface area contributed by atoms with Crippen LogP contribution in [0.2, 0.25) is 5.02 Å². The Hall–Kier alpha value is -3.38. The maximum atomic E-state index is 13.1. The van der Waals surface area contributed by atoms with Gasteiger partial charge in [0.2, 0.25) is 11.7 Å². The highest BCUT2D eigenvalue weighted by molar-refractivity contribution is 7.86. The number of methoxy groups -OCH3 is 1. The van der Waals surface area contributed by atoms with E-state index in [4.69, 9.17) is 32.5 Å². The van der Waals surface area contributed by atoms with Crippen molar-refractivity contribution in [1.82, 2.24) is 15.0 Å². The van der Waals surface area contributed by atoms with E-state index >= 15 is 0 Å². The quantitative estimate of drug-likeness (QED) is 0.331. The van der Waals surface area contributed by atoms with E-state index in [0.717, 1.165) is 0 Å². The van der Waals surface area contributed by atoms with Crippen LogP contribution >= 0.6 is 11.6 Å². The van der Waals surface area contributed by atoms with E-state index in [2.05, 4.69) is 19.7 Å². The summed E-state index contributed by atoms with van der Waals surface area (Å²) >= 11 is 6.33. The van der Waals surface area contributed by atoms with Crippen molar-refractivity contribution in [2.45, 2.75) is 18.2 Å². The maximum absolute atomic E-state index is 13.1. The first-order valence-corrected chi connectivity index (χ1v) is 11.0. The number of halogens is 3. The summed E-state index contributed by atoms with van der Waals surface area (Å²) in [5.41, 5.74) is 13.2. The van der Waals surface area contributed by atoms with Crippen LogP contribution < -0.4 is 25.7 Å². The summed E-state index contributed by atoms with van der Waals surface area (Å²) in [6, 6.07) is 3.34. The van der Waals surface area contributed by atoms with Gasteiger partial charge in [-0.2, -0.15) is 4.98 Å². The second-order valence-electron chi connectivity index (χ2n) is 6.55. The van der Waals surface area contributed by atoms with Crippen LogP contribution in [-0.4, -0.2) is 39.3 Å². The van der Waals surface area contributed by atoms with E-state index in [1.54, 1.807) is 30.5 Å². The maximum Gasteiger partial charge on any atom is 0.272 e. The number of aromatic amines is 1. The second-order valence-corrected chi connectivity index (χ2v) is 8.14. The average Bonchev–Trinajstić information content (AvgIpc) is 3.20.